The number of aliphatic hydroxyl groups excluding tert-OH is 1. The van der Waals surface area contributed by atoms with Gasteiger partial charge >= 0.3 is 0 Å². The highest BCUT2D eigenvalue weighted by Crippen LogP contribution is 2.43. The van der Waals surface area contributed by atoms with Crippen molar-refractivity contribution in [1.82, 2.24) is 10.2 Å². The van der Waals surface area contributed by atoms with Crippen LogP contribution in [0.25, 0.3) is 11.1 Å². The minimum atomic E-state index is -0.495. The van der Waals surface area contributed by atoms with E-state index in [0.29, 0.717) is 6.54 Å². The number of hydrogen-bond acceptors (Lipinski definition) is 8. The van der Waals surface area contributed by atoms with E-state index >= 15 is 0 Å². The molecule has 0 unspecified atom stereocenters. The summed E-state index contributed by atoms with van der Waals surface area (Å²) in [5, 5.41) is 18.8. The number of aromatic nitrogens is 2. The van der Waals surface area contributed by atoms with Gasteiger partial charge in [-0.15, -0.1) is 10.2 Å². The summed E-state index contributed by atoms with van der Waals surface area (Å²) in [5.74, 6) is 0.876. The molecule has 1 fully saturated rings. The molecule has 1 saturated heterocycles. The number of ether oxygens (including phenoxy) is 2. The first-order chi connectivity index (χ1) is 18.0. The van der Waals surface area contributed by atoms with Crippen LogP contribution in [-0.4, -0.2) is 27.2 Å². The standard InChI is InChI=1S/C29H31N3O3S2/c1-18-26(17-36-29-32-31-19(2)37-29)34-28(35-27(18)23-8-6-20(16-33)7-9-23)24-12-10-22(11-13-24)25-5-3-4-21(14-25)15-30/h3-14,18,26-28,33H,15-17,30H2,1-2H3/t18-,26+,27+,28+/m1/s1. The quantitative estimate of drug-likeness (QED) is 0.267. The summed E-state index contributed by atoms with van der Waals surface area (Å²) in [5.41, 5.74) is 12.1. The van der Waals surface area contributed by atoms with Crippen LogP contribution in [-0.2, 0) is 22.6 Å². The molecule has 0 bridgehead atoms. The zero-order chi connectivity index (χ0) is 25.8. The van der Waals surface area contributed by atoms with Crippen LogP contribution in [0.1, 0.15) is 46.6 Å². The van der Waals surface area contributed by atoms with Crippen LogP contribution in [0, 0.1) is 12.8 Å². The maximum Gasteiger partial charge on any atom is 0.184 e. The molecule has 3 N–H and O–H groups in total. The second-order valence-electron chi connectivity index (χ2n) is 9.25. The predicted octanol–water partition coefficient (Wildman–Crippen LogP) is 6.05. The van der Waals surface area contributed by atoms with Gasteiger partial charge in [0.1, 0.15) is 5.01 Å². The number of nitrogens with two attached hydrogens (primary N) is 1. The smallest absolute Gasteiger partial charge is 0.184 e. The minimum absolute atomic E-state index is 0.0220. The van der Waals surface area contributed by atoms with Gasteiger partial charge in [0.15, 0.2) is 10.6 Å². The topological polar surface area (TPSA) is 90.5 Å². The van der Waals surface area contributed by atoms with Crippen molar-refractivity contribution in [3.8, 4) is 11.1 Å². The molecule has 37 heavy (non-hydrogen) atoms. The van der Waals surface area contributed by atoms with Crippen LogP contribution < -0.4 is 5.73 Å². The lowest BCUT2D eigenvalue weighted by atomic mass is 9.91. The van der Waals surface area contributed by atoms with E-state index in [4.69, 9.17) is 15.2 Å². The number of nitrogens with zero attached hydrogens (tertiary/aromatic N) is 2. The second-order valence-corrected chi connectivity index (χ2v) is 11.7. The number of hydrogen-bond donors (Lipinski definition) is 2. The third-order valence-electron chi connectivity index (χ3n) is 6.68. The number of thioether (sulfide) groups is 1. The molecule has 1 aromatic heterocycles. The Labute approximate surface area is 225 Å². The van der Waals surface area contributed by atoms with E-state index in [1.807, 2.05) is 43.3 Å². The lowest BCUT2D eigenvalue weighted by Crippen LogP contribution is -2.38. The highest BCUT2D eigenvalue weighted by atomic mass is 32.2. The average molecular weight is 534 g/mol. The molecule has 0 saturated carbocycles. The Balaban J connectivity index is 1.39. The van der Waals surface area contributed by atoms with Crippen LogP contribution in [0.5, 0.6) is 0 Å². The first kappa shape index (κ1) is 26.0. The van der Waals surface area contributed by atoms with Gasteiger partial charge in [0, 0.05) is 23.8 Å². The van der Waals surface area contributed by atoms with E-state index in [2.05, 4.69) is 53.5 Å². The summed E-state index contributed by atoms with van der Waals surface area (Å²) >= 11 is 3.28. The Morgan fingerprint density at radius 3 is 2.35 bits per heavy atom. The van der Waals surface area contributed by atoms with Gasteiger partial charge in [-0.3, -0.25) is 0 Å². The van der Waals surface area contributed by atoms with Gasteiger partial charge < -0.3 is 20.3 Å². The fourth-order valence-electron chi connectivity index (χ4n) is 4.51. The van der Waals surface area contributed by atoms with Crippen LogP contribution in [0.15, 0.2) is 77.1 Å². The van der Waals surface area contributed by atoms with Gasteiger partial charge in [-0.2, -0.15) is 0 Å². The summed E-state index contributed by atoms with van der Waals surface area (Å²) < 4.78 is 14.1. The molecule has 4 aromatic rings. The zero-order valence-corrected chi connectivity index (χ0v) is 22.5. The molecular weight excluding hydrogens is 502 g/mol. The third kappa shape index (κ3) is 6.12. The molecular formula is C29H31N3O3S2. The van der Waals surface area contributed by atoms with Gasteiger partial charge in [-0.25, -0.2) is 0 Å². The minimum Gasteiger partial charge on any atom is -0.392 e. The molecule has 4 atom stereocenters. The van der Waals surface area contributed by atoms with Gasteiger partial charge in [0.25, 0.3) is 0 Å². The van der Waals surface area contributed by atoms with Crippen molar-refractivity contribution in [3.63, 3.8) is 0 Å². The van der Waals surface area contributed by atoms with Gasteiger partial charge in [-0.1, -0.05) is 96.8 Å². The Morgan fingerprint density at radius 1 is 0.919 bits per heavy atom. The first-order valence-corrected chi connectivity index (χ1v) is 14.2. The van der Waals surface area contributed by atoms with Crippen molar-refractivity contribution in [3.05, 3.63) is 100 Å². The van der Waals surface area contributed by atoms with Crippen molar-refractivity contribution in [2.45, 2.75) is 49.8 Å². The van der Waals surface area contributed by atoms with Crippen LogP contribution in [0.2, 0.25) is 0 Å². The molecule has 5 rings (SSSR count). The molecule has 0 spiro atoms. The van der Waals surface area contributed by atoms with Crippen molar-refractivity contribution < 1.29 is 14.6 Å². The Bertz CT molecular complexity index is 1310. The number of rotatable bonds is 8. The normalized spacial score (nSPS) is 21.7. The Hall–Kier alpha value is -2.59. The van der Waals surface area contributed by atoms with Crippen LogP contribution >= 0.6 is 23.1 Å². The summed E-state index contributed by atoms with van der Waals surface area (Å²) in [6.07, 6.45) is -0.685. The van der Waals surface area contributed by atoms with E-state index in [9.17, 15) is 5.11 Å². The summed E-state index contributed by atoms with van der Waals surface area (Å²) in [7, 11) is 0. The molecule has 0 radical (unpaired) electrons. The fraction of sp³-hybridized carbons (Fsp3) is 0.310. The summed E-state index contributed by atoms with van der Waals surface area (Å²) in [6.45, 7) is 4.68. The SMILES string of the molecule is Cc1nnc(SC[C@@H]2O[C@H](c3ccc(-c4cccc(CN)c4)cc3)O[C@H](c3ccc(CO)cc3)[C@@H]2C)s1. The van der Waals surface area contributed by atoms with Gasteiger partial charge in [0.2, 0.25) is 0 Å². The predicted molar refractivity (Wildman–Crippen MR) is 148 cm³/mol. The van der Waals surface area contributed by atoms with Crippen LogP contribution in [0.3, 0.4) is 0 Å². The van der Waals surface area contributed by atoms with E-state index in [0.717, 1.165) is 48.5 Å². The molecule has 2 heterocycles. The van der Waals surface area contributed by atoms with Gasteiger partial charge in [0.05, 0.1) is 18.8 Å². The fourth-order valence-corrected chi connectivity index (χ4v) is 6.52. The van der Waals surface area contributed by atoms with Crippen molar-refractivity contribution in [2.75, 3.05) is 5.75 Å². The number of aryl methyl sites for hydroxylation is 1. The molecule has 3 aromatic carbocycles. The lowest BCUT2D eigenvalue weighted by molar-refractivity contribution is -0.268. The summed E-state index contributed by atoms with van der Waals surface area (Å²) in [4.78, 5) is 0. The summed E-state index contributed by atoms with van der Waals surface area (Å²) in [6, 6.07) is 24.7. The highest BCUT2D eigenvalue weighted by Gasteiger charge is 2.38. The highest BCUT2D eigenvalue weighted by molar-refractivity contribution is 8.01. The third-order valence-corrected chi connectivity index (χ3v) is 8.74. The molecule has 192 valence electrons. The van der Waals surface area contributed by atoms with Crippen molar-refractivity contribution in [1.29, 1.82) is 0 Å². The molecule has 0 amide bonds. The maximum atomic E-state index is 9.47. The zero-order valence-electron chi connectivity index (χ0n) is 20.9. The van der Waals surface area contributed by atoms with E-state index < -0.39 is 6.29 Å². The van der Waals surface area contributed by atoms with E-state index in [1.165, 1.54) is 0 Å². The maximum absolute atomic E-state index is 9.47. The largest absolute Gasteiger partial charge is 0.392 e. The molecule has 1 aliphatic rings. The molecule has 8 heteroatoms. The molecule has 0 aliphatic carbocycles. The second kappa shape index (κ2) is 11.9. The van der Waals surface area contributed by atoms with E-state index in [-0.39, 0.29) is 24.7 Å². The number of aliphatic hydroxyl groups is 1. The van der Waals surface area contributed by atoms with Crippen molar-refractivity contribution >= 4 is 23.1 Å². The van der Waals surface area contributed by atoms with Crippen LogP contribution in [0.4, 0.5) is 0 Å². The Morgan fingerprint density at radius 2 is 1.68 bits per heavy atom. The van der Waals surface area contributed by atoms with Crippen molar-refractivity contribution in [2.24, 2.45) is 11.7 Å². The molecule has 1 aliphatic heterocycles. The lowest BCUT2D eigenvalue weighted by Gasteiger charge is -2.41. The van der Waals surface area contributed by atoms with E-state index in [1.54, 1.807) is 23.1 Å². The first-order valence-electron chi connectivity index (χ1n) is 12.4. The van der Waals surface area contributed by atoms with Gasteiger partial charge in [-0.05, 0) is 40.8 Å². The Kier molecular flexibility index (Phi) is 8.34. The number of benzene rings is 3. The average Bonchev–Trinajstić information content (AvgIpc) is 3.37. The molecule has 6 nitrogen and oxygen atoms in total. The monoisotopic (exact) mass is 533 g/mol.